The van der Waals surface area contributed by atoms with Crippen molar-refractivity contribution in [3.8, 4) is 6.07 Å². The van der Waals surface area contributed by atoms with Crippen LogP contribution in [0.25, 0.3) is 0 Å². The average Bonchev–Trinajstić information content (AvgIpc) is 3.09. The van der Waals surface area contributed by atoms with E-state index in [0.717, 1.165) is 29.5 Å². The van der Waals surface area contributed by atoms with Gasteiger partial charge in [-0.25, -0.2) is 0 Å². The Bertz CT molecular complexity index is 629. The van der Waals surface area contributed by atoms with Gasteiger partial charge < -0.3 is 16.0 Å². The van der Waals surface area contributed by atoms with Gasteiger partial charge in [0.15, 0.2) is 0 Å². The number of carbonyl (C=O) groups excluding carboxylic acids is 1. The minimum absolute atomic E-state index is 0.0149. The highest BCUT2D eigenvalue weighted by Gasteiger charge is 2.20. The number of anilines is 1. The van der Waals surface area contributed by atoms with Gasteiger partial charge in [0, 0.05) is 17.2 Å². The van der Waals surface area contributed by atoms with Crippen LogP contribution in [0.1, 0.15) is 24.8 Å². The highest BCUT2D eigenvalue weighted by molar-refractivity contribution is 9.10. The molecule has 1 aliphatic rings. The molecule has 3 N–H and O–H groups in total. The molecule has 122 valence electrons. The predicted octanol–water partition coefficient (Wildman–Crippen LogP) is 3.23. The fourth-order valence-electron chi connectivity index (χ4n) is 2.23. The summed E-state index contributed by atoms with van der Waals surface area (Å²) in [5, 5.41) is 14.3. The molecule has 1 atom stereocenters. The Morgan fingerprint density at radius 3 is 3.04 bits per heavy atom. The Labute approximate surface area is 149 Å². The molecule has 1 amide bonds. The third-order valence-corrected chi connectivity index (χ3v) is 4.75. The molecule has 0 radical (unpaired) electrons. The molecule has 1 aromatic carbocycles. The van der Waals surface area contributed by atoms with Crippen molar-refractivity contribution in [2.45, 2.75) is 25.3 Å². The molecule has 1 aromatic rings. The van der Waals surface area contributed by atoms with Crippen molar-refractivity contribution >= 4 is 39.3 Å². The number of thioether (sulfide) groups is 1. The quantitative estimate of drug-likeness (QED) is 0.693. The second kappa shape index (κ2) is 8.96. The molecular weight excluding hydrogens is 376 g/mol. The molecule has 1 aliphatic heterocycles. The fourth-order valence-corrected chi connectivity index (χ4v) is 3.29. The van der Waals surface area contributed by atoms with Crippen molar-refractivity contribution in [3.63, 3.8) is 0 Å². The molecule has 0 fully saturated rings. The number of unbranched alkanes of at least 4 members (excludes halogenated alkanes) is 1. The van der Waals surface area contributed by atoms with Gasteiger partial charge in [-0.1, -0.05) is 15.9 Å². The Balaban J connectivity index is 1.69. The summed E-state index contributed by atoms with van der Waals surface area (Å²) in [7, 11) is 0. The molecule has 1 heterocycles. The summed E-state index contributed by atoms with van der Waals surface area (Å²) >= 11 is 4.94. The number of rotatable bonds is 7. The SMILES string of the molecule is N#Cc1cc(Br)ccc1NCCCC[C@H](N)C(=O)N1C=CSC1. The van der Waals surface area contributed by atoms with E-state index in [4.69, 9.17) is 11.0 Å². The number of nitrogens with two attached hydrogens (primary N) is 1. The highest BCUT2D eigenvalue weighted by Crippen LogP contribution is 2.20. The van der Waals surface area contributed by atoms with Crippen LogP contribution >= 0.6 is 27.7 Å². The van der Waals surface area contributed by atoms with E-state index in [9.17, 15) is 4.79 Å². The molecule has 5 nitrogen and oxygen atoms in total. The second-order valence-electron chi connectivity index (χ2n) is 5.22. The first-order valence-corrected chi connectivity index (χ1v) is 9.24. The lowest BCUT2D eigenvalue weighted by Gasteiger charge is -2.18. The van der Waals surface area contributed by atoms with Crippen molar-refractivity contribution in [2.75, 3.05) is 17.7 Å². The van der Waals surface area contributed by atoms with Gasteiger partial charge in [-0.3, -0.25) is 4.79 Å². The van der Waals surface area contributed by atoms with E-state index in [1.807, 2.05) is 17.5 Å². The van der Waals surface area contributed by atoms with E-state index in [1.165, 1.54) is 0 Å². The average molecular weight is 395 g/mol. The molecule has 2 rings (SSSR count). The van der Waals surface area contributed by atoms with Gasteiger partial charge in [0.2, 0.25) is 5.91 Å². The van der Waals surface area contributed by atoms with Gasteiger partial charge in [-0.2, -0.15) is 5.26 Å². The maximum absolute atomic E-state index is 12.0. The lowest BCUT2D eigenvalue weighted by Crippen LogP contribution is -2.40. The maximum Gasteiger partial charge on any atom is 0.244 e. The lowest BCUT2D eigenvalue weighted by atomic mass is 10.1. The number of nitriles is 1. The molecule has 0 aliphatic carbocycles. The van der Waals surface area contributed by atoms with Gasteiger partial charge in [0.25, 0.3) is 0 Å². The minimum Gasteiger partial charge on any atom is -0.384 e. The molecule has 0 spiro atoms. The monoisotopic (exact) mass is 394 g/mol. The molecule has 7 heteroatoms. The maximum atomic E-state index is 12.0. The standard InChI is InChI=1S/C16H19BrN4OS/c17-13-4-5-15(12(9-13)10-18)20-6-2-1-3-14(19)16(22)21-7-8-23-11-21/h4-5,7-9,14,20H,1-3,6,11,19H2/t14-/m0/s1. The first kappa shape index (κ1) is 17.9. The first-order chi connectivity index (χ1) is 11.1. The van der Waals surface area contributed by atoms with Crippen molar-refractivity contribution in [3.05, 3.63) is 39.8 Å². The number of hydrogen-bond acceptors (Lipinski definition) is 5. The van der Waals surface area contributed by atoms with Crippen molar-refractivity contribution in [1.82, 2.24) is 4.90 Å². The van der Waals surface area contributed by atoms with Gasteiger partial charge in [-0.05, 0) is 42.9 Å². The molecule has 0 aromatic heterocycles. The summed E-state index contributed by atoms with van der Waals surface area (Å²) in [6.45, 7) is 0.747. The van der Waals surface area contributed by atoms with Crippen LogP contribution in [0.5, 0.6) is 0 Å². The smallest absolute Gasteiger partial charge is 0.244 e. The topological polar surface area (TPSA) is 82.1 Å². The Morgan fingerprint density at radius 1 is 1.52 bits per heavy atom. The largest absolute Gasteiger partial charge is 0.384 e. The molecule has 0 bridgehead atoms. The van der Waals surface area contributed by atoms with E-state index < -0.39 is 6.04 Å². The van der Waals surface area contributed by atoms with Crippen LogP contribution in [0, 0.1) is 11.3 Å². The molecule has 0 saturated carbocycles. The summed E-state index contributed by atoms with van der Waals surface area (Å²) in [4.78, 5) is 13.7. The summed E-state index contributed by atoms with van der Waals surface area (Å²) in [5.74, 6) is 0.646. The van der Waals surface area contributed by atoms with Gasteiger partial charge in [-0.15, -0.1) is 11.8 Å². The van der Waals surface area contributed by atoms with Crippen LogP contribution < -0.4 is 11.1 Å². The number of benzene rings is 1. The normalized spacial score (nSPS) is 14.6. The van der Waals surface area contributed by atoms with Crippen LogP contribution in [-0.2, 0) is 4.79 Å². The van der Waals surface area contributed by atoms with Gasteiger partial charge >= 0.3 is 0 Å². The van der Waals surface area contributed by atoms with Crippen LogP contribution in [0.2, 0.25) is 0 Å². The van der Waals surface area contributed by atoms with Gasteiger partial charge in [0.1, 0.15) is 6.07 Å². The number of carbonyl (C=O) groups is 1. The number of hydrogen-bond donors (Lipinski definition) is 2. The lowest BCUT2D eigenvalue weighted by molar-refractivity contribution is -0.129. The Morgan fingerprint density at radius 2 is 2.35 bits per heavy atom. The second-order valence-corrected chi connectivity index (χ2v) is 7.00. The minimum atomic E-state index is -0.444. The highest BCUT2D eigenvalue weighted by atomic mass is 79.9. The number of nitrogens with zero attached hydrogens (tertiary/aromatic N) is 2. The third-order valence-electron chi connectivity index (χ3n) is 3.51. The predicted molar refractivity (Wildman–Crippen MR) is 97.6 cm³/mol. The van der Waals surface area contributed by atoms with Crippen LogP contribution in [-0.4, -0.2) is 29.3 Å². The van der Waals surface area contributed by atoms with Crippen molar-refractivity contribution < 1.29 is 4.79 Å². The van der Waals surface area contributed by atoms with E-state index in [0.29, 0.717) is 17.9 Å². The van der Waals surface area contributed by atoms with Crippen LogP contribution in [0.15, 0.2) is 34.3 Å². The van der Waals surface area contributed by atoms with E-state index in [1.54, 1.807) is 28.9 Å². The Hall–Kier alpha value is -1.49. The summed E-state index contributed by atoms with van der Waals surface area (Å²) in [6, 6.07) is 7.30. The number of nitrogens with one attached hydrogen (secondary N) is 1. The summed E-state index contributed by atoms with van der Waals surface area (Å²) in [6.07, 6.45) is 4.21. The van der Waals surface area contributed by atoms with Crippen molar-refractivity contribution in [2.24, 2.45) is 5.73 Å². The van der Waals surface area contributed by atoms with Crippen molar-refractivity contribution in [1.29, 1.82) is 5.26 Å². The van der Waals surface area contributed by atoms with E-state index in [2.05, 4.69) is 27.3 Å². The molecule has 0 unspecified atom stereocenters. The number of amides is 1. The van der Waals surface area contributed by atoms with Gasteiger partial charge in [0.05, 0.1) is 23.2 Å². The molecule has 23 heavy (non-hydrogen) atoms. The summed E-state index contributed by atoms with van der Waals surface area (Å²) in [5.41, 5.74) is 7.39. The molecular formula is C16H19BrN4OS. The van der Waals surface area contributed by atoms with Crippen LogP contribution in [0.3, 0.4) is 0 Å². The zero-order valence-corrected chi connectivity index (χ0v) is 15.1. The zero-order chi connectivity index (χ0) is 16.7. The van der Waals surface area contributed by atoms with Crippen LogP contribution in [0.4, 0.5) is 5.69 Å². The Kier molecular flexibility index (Phi) is 6.96. The zero-order valence-electron chi connectivity index (χ0n) is 12.7. The van der Waals surface area contributed by atoms with E-state index in [-0.39, 0.29) is 5.91 Å². The summed E-state index contributed by atoms with van der Waals surface area (Å²) < 4.78 is 0.887. The number of halogens is 1. The first-order valence-electron chi connectivity index (χ1n) is 7.39. The molecule has 0 saturated heterocycles. The van der Waals surface area contributed by atoms with E-state index >= 15 is 0 Å². The fraction of sp³-hybridized carbons (Fsp3) is 0.375. The third kappa shape index (κ3) is 5.27.